The normalized spacial score (nSPS) is 13.6. The van der Waals surface area contributed by atoms with Gasteiger partial charge in [0.05, 0.1) is 16.8 Å². The van der Waals surface area contributed by atoms with Crippen LogP contribution in [-0.4, -0.2) is 22.7 Å². The summed E-state index contributed by atoms with van der Waals surface area (Å²) in [5, 5.41) is 1.93. The van der Waals surface area contributed by atoms with Crippen LogP contribution in [0.15, 0.2) is 29.1 Å². The molecule has 0 bridgehead atoms. The number of aromatic nitrogens is 1. The summed E-state index contributed by atoms with van der Waals surface area (Å²) in [5.74, 6) is -4.31. The number of benzene rings is 1. The van der Waals surface area contributed by atoms with Crippen LogP contribution in [-0.2, 0) is 0 Å². The number of rotatable bonds is 2. The first-order valence-corrected chi connectivity index (χ1v) is 6.55. The van der Waals surface area contributed by atoms with Gasteiger partial charge < -0.3 is 10.5 Å². The van der Waals surface area contributed by atoms with Crippen LogP contribution >= 0.6 is 0 Å². The molecule has 1 aromatic heterocycles. The van der Waals surface area contributed by atoms with Crippen LogP contribution < -0.4 is 21.3 Å². The van der Waals surface area contributed by atoms with E-state index < -0.39 is 46.8 Å². The summed E-state index contributed by atoms with van der Waals surface area (Å²) >= 11 is 0. The van der Waals surface area contributed by atoms with Crippen molar-refractivity contribution in [2.75, 3.05) is 5.73 Å². The number of alkyl halides is 3. The monoisotopic (exact) mass is 357 g/mol. The lowest BCUT2D eigenvalue weighted by molar-refractivity contribution is -0.274. The topological polar surface area (TPSA) is 103 Å². The number of anilines is 1. The number of nitrogen functional groups attached to an aromatic ring is 1. The number of nitrogens with zero attached hydrogens (tertiary/aromatic N) is 1. The molecule has 0 saturated carbocycles. The van der Waals surface area contributed by atoms with Crippen molar-refractivity contribution in [3.05, 3.63) is 51.6 Å². The van der Waals surface area contributed by atoms with Gasteiger partial charge in [0, 0.05) is 12.1 Å². The van der Waals surface area contributed by atoms with E-state index >= 15 is 0 Å². The Labute approximate surface area is 135 Å². The molecule has 3 N–H and O–H groups in total. The maximum Gasteiger partial charge on any atom is 0.573 e. The van der Waals surface area contributed by atoms with Crippen molar-refractivity contribution < 1.29 is 31.9 Å². The van der Waals surface area contributed by atoms with Crippen LogP contribution in [0.25, 0.3) is 5.69 Å². The fourth-order valence-electron chi connectivity index (χ4n) is 2.39. The molecular weight excluding hydrogens is 350 g/mol. The number of halogens is 4. The van der Waals surface area contributed by atoms with E-state index in [1.165, 1.54) is 0 Å². The minimum absolute atomic E-state index is 0.263. The number of nitrogens with one attached hydrogen (secondary N) is 1. The largest absolute Gasteiger partial charge is 0.573 e. The number of nitrogens with two attached hydrogens (primary N) is 1. The molecule has 0 fully saturated rings. The summed E-state index contributed by atoms with van der Waals surface area (Å²) < 4.78 is 54.8. The number of carbonyl (C=O) groups excluding carboxylic acids is 2. The minimum atomic E-state index is -5.02. The molecule has 2 heterocycles. The molecule has 0 aliphatic carbocycles. The van der Waals surface area contributed by atoms with E-state index in [9.17, 15) is 31.9 Å². The number of hydrogen-bond acceptors (Lipinski definition) is 5. The van der Waals surface area contributed by atoms with Crippen molar-refractivity contribution in [1.82, 2.24) is 9.88 Å². The van der Waals surface area contributed by atoms with Gasteiger partial charge in [-0.25, -0.2) is 4.39 Å². The molecule has 1 aliphatic heterocycles. The van der Waals surface area contributed by atoms with Gasteiger partial charge in [0.2, 0.25) is 0 Å². The van der Waals surface area contributed by atoms with E-state index in [4.69, 9.17) is 5.73 Å². The SMILES string of the molecule is Nc1c2c(cc(=O)n1-c1ccc(OC(F)(F)F)cc1F)C(=O)NC2=O. The molecule has 0 atom stereocenters. The quantitative estimate of drug-likeness (QED) is 0.624. The molecule has 0 radical (unpaired) electrons. The summed E-state index contributed by atoms with van der Waals surface area (Å²) in [6.07, 6.45) is -5.02. The van der Waals surface area contributed by atoms with Gasteiger partial charge in [-0.3, -0.25) is 24.3 Å². The zero-order valence-electron chi connectivity index (χ0n) is 12.0. The number of imide groups is 1. The number of amides is 2. The highest BCUT2D eigenvalue weighted by Crippen LogP contribution is 2.28. The van der Waals surface area contributed by atoms with E-state index in [1.54, 1.807) is 0 Å². The Bertz CT molecular complexity index is 981. The summed E-state index contributed by atoms with van der Waals surface area (Å²) in [4.78, 5) is 35.4. The first-order chi connectivity index (χ1) is 11.6. The molecule has 11 heteroatoms. The lowest BCUT2D eigenvalue weighted by atomic mass is 10.1. The predicted molar refractivity (Wildman–Crippen MR) is 74.9 cm³/mol. The highest BCUT2D eigenvalue weighted by molar-refractivity contribution is 6.23. The standard InChI is InChI=1S/C14H7F4N3O4/c15-7-3-5(25-14(16,17)18)1-2-8(7)21-9(22)4-6-10(11(21)19)13(24)20-12(6)23/h1-4H,19H2,(H,20,23,24). The Morgan fingerprint density at radius 1 is 1.08 bits per heavy atom. The Kier molecular flexibility index (Phi) is 3.51. The van der Waals surface area contributed by atoms with Gasteiger partial charge in [0.1, 0.15) is 11.6 Å². The molecule has 2 amide bonds. The highest BCUT2D eigenvalue weighted by atomic mass is 19.4. The molecule has 0 spiro atoms. The first-order valence-electron chi connectivity index (χ1n) is 6.55. The van der Waals surface area contributed by atoms with E-state index in [2.05, 4.69) is 4.74 Å². The summed E-state index contributed by atoms with van der Waals surface area (Å²) in [7, 11) is 0. The molecule has 130 valence electrons. The van der Waals surface area contributed by atoms with Gasteiger partial charge in [-0.15, -0.1) is 13.2 Å². The fraction of sp³-hybridized carbons (Fsp3) is 0.0714. The third-order valence-electron chi connectivity index (χ3n) is 3.35. The Morgan fingerprint density at radius 2 is 1.76 bits per heavy atom. The van der Waals surface area contributed by atoms with Crippen LogP contribution in [0.2, 0.25) is 0 Å². The smallest absolute Gasteiger partial charge is 0.406 e. The van der Waals surface area contributed by atoms with Gasteiger partial charge in [0.15, 0.2) is 5.82 Å². The van der Waals surface area contributed by atoms with Crippen molar-refractivity contribution in [2.24, 2.45) is 0 Å². The average molecular weight is 357 g/mol. The molecule has 1 aliphatic rings. The Hall–Kier alpha value is -3.37. The zero-order valence-corrected chi connectivity index (χ0v) is 12.0. The molecule has 0 saturated heterocycles. The second-order valence-corrected chi connectivity index (χ2v) is 4.94. The van der Waals surface area contributed by atoms with Crippen LogP contribution in [0, 0.1) is 5.82 Å². The lowest BCUT2D eigenvalue weighted by Crippen LogP contribution is -2.25. The number of ether oxygens (including phenoxy) is 1. The molecule has 0 unspecified atom stereocenters. The van der Waals surface area contributed by atoms with Crippen molar-refractivity contribution in [3.63, 3.8) is 0 Å². The second kappa shape index (κ2) is 5.33. The van der Waals surface area contributed by atoms with E-state index in [0.29, 0.717) is 10.6 Å². The Morgan fingerprint density at radius 3 is 2.36 bits per heavy atom. The van der Waals surface area contributed by atoms with Crippen LogP contribution in [0.3, 0.4) is 0 Å². The second-order valence-electron chi connectivity index (χ2n) is 4.94. The maximum atomic E-state index is 14.2. The Balaban J connectivity index is 2.15. The van der Waals surface area contributed by atoms with Crippen molar-refractivity contribution >= 4 is 17.6 Å². The third-order valence-corrected chi connectivity index (χ3v) is 3.35. The maximum absolute atomic E-state index is 14.2. The lowest BCUT2D eigenvalue weighted by Gasteiger charge is -2.14. The number of hydrogen-bond donors (Lipinski definition) is 2. The van der Waals surface area contributed by atoms with Gasteiger partial charge >= 0.3 is 6.36 Å². The molecule has 1 aromatic carbocycles. The van der Waals surface area contributed by atoms with Crippen molar-refractivity contribution in [2.45, 2.75) is 6.36 Å². The van der Waals surface area contributed by atoms with E-state index in [0.717, 1.165) is 18.2 Å². The number of pyridine rings is 1. The summed E-state index contributed by atoms with van der Waals surface area (Å²) in [6.45, 7) is 0. The van der Waals surface area contributed by atoms with E-state index in [-0.39, 0.29) is 11.1 Å². The van der Waals surface area contributed by atoms with Gasteiger partial charge in [0.25, 0.3) is 17.4 Å². The van der Waals surface area contributed by atoms with Crippen LogP contribution in [0.4, 0.5) is 23.4 Å². The molecule has 7 nitrogen and oxygen atoms in total. The number of carbonyl (C=O) groups is 2. The average Bonchev–Trinajstić information content (AvgIpc) is 2.74. The molecule has 25 heavy (non-hydrogen) atoms. The molecule has 3 rings (SSSR count). The predicted octanol–water partition coefficient (Wildman–Crippen LogP) is 1.34. The number of fused-ring (bicyclic) bond motifs is 1. The molecule has 2 aromatic rings. The molecular formula is C14H7F4N3O4. The summed E-state index contributed by atoms with van der Waals surface area (Å²) in [5.41, 5.74) is 3.67. The van der Waals surface area contributed by atoms with Gasteiger partial charge in [-0.1, -0.05) is 0 Å². The zero-order chi connectivity index (χ0) is 18.5. The fourth-order valence-corrected chi connectivity index (χ4v) is 2.39. The summed E-state index contributed by atoms with van der Waals surface area (Å²) in [6, 6.07) is 2.80. The van der Waals surface area contributed by atoms with Crippen LogP contribution in [0.1, 0.15) is 20.7 Å². The van der Waals surface area contributed by atoms with Crippen molar-refractivity contribution in [3.8, 4) is 11.4 Å². The van der Waals surface area contributed by atoms with Gasteiger partial charge in [-0.05, 0) is 12.1 Å². The first kappa shape index (κ1) is 16.5. The van der Waals surface area contributed by atoms with Gasteiger partial charge in [-0.2, -0.15) is 0 Å². The van der Waals surface area contributed by atoms with E-state index in [1.807, 2.05) is 5.32 Å². The third kappa shape index (κ3) is 2.79. The highest BCUT2D eigenvalue weighted by Gasteiger charge is 2.33. The minimum Gasteiger partial charge on any atom is -0.406 e. The van der Waals surface area contributed by atoms with Crippen LogP contribution in [0.5, 0.6) is 5.75 Å². The van der Waals surface area contributed by atoms with Crippen molar-refractivity contribution in [1.29, 1.82) is 0 Å².